The van der Waals surface area contributed by atoms with E-state index in [1.165, 1.54) is 18.9 Å². The van der Waals surface area contributed by atoms with Gasteiger partial charge in [-0.15, -0.1) is 0 Å². The topological polar surface area (TPSA) is 78.7 Å². The molecular weight excluding hydrogens is 303 g/mol. The van der Waals surface area contributed by atoms with Crippen molar-refractivity contribution in [3.05, 3.63) is 35.7 Å². The van der Waals surface area contributed by atoms with Gasteiger partial charge >= 0.3 is 0 Å². The Balaban J connectivity index is 2.30. The third-order valence-corrected chi connectivity index (χ3v) is 3.82. The Morgan fingerprint density at radius 2 is 2.29 bits per heavy atom. The molecule has 7 heteroatoms. The molecule has 0 fully saturated rings. The van der Waals surface area contributed by atoms with Crippen molar-refractivity contribution in [2.24, 2.45) is 0 Å². The van der Waals surface area contributed by atoms with E-state index in [4.69, 9.17) is 10.2 Å². The van der Waals surface area contributed by atoms with Gasteiger partial charge in [0.15, 0.2) is 0 Å². The molecule has 3 N–H and O–H groups in total. The maximum atomic E-state index is 11.1. The first kappa shape index (κ1) is 18.1. The number of pyridine rings is 1. The molecule has 6 nitrogen and oxygen atoms in total. The second kappa shape index (κ2) is 9.13. The van der Waals surface area contributed by atoms with Crippen molar-refractivity contribution in [2.75, 3.05) is 11.9 Å². The molecule has 2 rings (SSSR count). The van der Waals surface area contributed by atoms with Gasteiger partial charge < -0.3 is 5.32 Å². The highest BCUT2D eigenvalue weighted by atomic mass is 16.5. The maximum Gasteiger partial charge on any atom is 0.267 e. The van der Waals surface area contributed by atoms with Gasteiger partial charge in [0.25, 0.3) is 5.91 Å². The summed E-state index contributed by atoms with van der Waals surface area (Å²) in [6.45, 7) is 3.11. The van der Waals surface area contributed by atoms with Gasteiger partial charge in [-0.25, -0.2) is 10.5 Å². The molecule has 2 aromatic rings. The lowest BCUT2D eigenvalue weighted by Crippen LogP contribution is -2.14. The molecule has 0 saturated carbocycles. The maximum absolute atomic E-state index is 11.1. The molecule has 0 aromatic carbocycles. The highest BCUT2D eigenvalue weighted by Crippen LogP contribution is 2.22. The van der Waals surface area contributed by atoms with Gasteiger partial charge in [0.1, 0.15) is 19.3 Å². The fraction of sp³-hybridized carbons (Fsp3) is 0.412. The Morgan fingerprint density at radius 1 is 1.46 bits per heavy atom. The molecule has 0 radical (unpaired) electrons. The second-order valence-electron chi connectivity index (χ2n) is 5.79. The smallest absolute Gasteiger partial charge is 0.267 e. The number of nitrogens with zero attached hydrogens (tertiary/aromatic N) is 2. The summed E-state index contributed by atoms with van der Waals surface area (Å²) in [7, 11) is 2.14. The number of unbranched alkanes of at least 4 members (excludes halogenated alkanes) is 2. The predicted molar refractivity (Wildman–Crippen MR) is 99.2 cm³/mol. The summed E-state index contributed by atoms with van der Waals surface area (Å²) in [5.41, 5.74) is 4.38. The Labute approximate surface area is 143 Å². The van der Waals surface area contributed by atoms with Gasteiger partial charge in [0.05, 0.1) is 5.69 Å². The van der Waals surface area contributed by atoms with Crippen LogP contribution in [0.25, 0.3) is 11.7 Å². The Morgan fingerprint density at radius 3 is 3.00 bits per heavy atom. The number of fused-ring (bicyclic) bond motifs is 1. The average molecular weight is 328 g/mol. The van der Waals surface area contributed by atoms with E-state index in [1.807, 2.05) is 18.3 Å². The van der Waals surface area contributed by atoms with Crippen LogP contribution >= 0.6 is 0 Å². The minimum absolute atomic E-state index is 0.552. The number of aromatic nitrogens is 2. The predicted octanol–water partition coefficient (Wildman–Crippen LogP) is 2.05. The van der Waals surface area contributed by atoms with Gasteiger partial charge in [0.2, 0.25) is 0 Å². The molecule has 0 unspecified atom stereocenters. The molecule has 0 saturated heterocycles. The van der Waals surface area contributed by atoms with Gasteiger partial charge in [-0.3, -0.25) is 14.4 Å². The number of hydrogen-bond acceptors (Lipinski definition) is 4. The fourth-order valence-corrected chi connectivity index (χ4v) is 2.57. The van der Waals surface area contributed by atoms with Crippen molar-refractivity contribution >= 4 is 31.3 Å². The summed E-state index contributed by atoms with van der Waals surface area (Å²) >= 11 is 0. The number of amides is 1. The average Bonchev–Trinajstić information content (AvgIpc) is 2.94. The number of nitrogens with one attached hydrogen (secondary N) is 2. The van der Waals surface area contributed by atoms with Crippen LogP contribution in [0.2, 0.25) is 6.32 Å². The summed E-state index contributed by atoms with van der Waals surface area (Å²) in [4.78, 5) is 15.9. The van der Waals surface area contributed by atoms with Crippen LogP contribution in [0.4, 0.5) is 5.82 Å². The van der Waals surface area contributed by atoms with Crippen LogP contribution in [0, 0.1) is 0 Å². The fourth-order valence-electron chi connectivity index (χ4n) is 2.57. The molecule has 1 amide bonds. The van der Waals surface area contributed by atoms with Crippen molar-refractivity contribution in [1.29, 1.82) is 0 Å². The van der Waals surface area contributed by atoms with Gasteiger partial charge in [0, 0.05) is 18.8 Å². The summed E-state index contributed by atoms with van der Waals surface area (Å²) in [5, 5.41) is 12.0. The first-order chi connectivity index (χ1) is 11.7. The Hall–Kier alpha value is -2.28. The zero-order chi connectivity index (χ0) is 17.4. The normalized spacial score (nSPS) is 11.2. The lowest BCUT2D eigenvalue weighted by atomic mass is 10.1. The monoisotopic (exact) mass is 328 g/mol. The number of rotatable bonds is 9. The van der Waals surface area contributed by atoms with Crippen molar-refractivity contribution in [3.63, 3.8) is 0 Å². The number of hydroxylamine groups is 1. The number of hydrogen-bond donors (Lipinski definition) is 3. The largest absolute Gasteiger partial charge is 0.370 e. The summed E-state index contributed by atoms with van der Waals surface area (Å²) in [6.07, 6.45) is 10.4. The zero-order valence-corrected chi connectivity index (χ0v) is 14.4. The lowest BCUT2D eigenvalue weighted by molar-refractivity contribution is -0.124. The molecule has 0 spiro atoms. The van der Waals surface area contributed by atoms with Crippen LogP contribution in [-0.2, 0) is 11.2 Å². The third-order valence-electron chi connectivity index (χ3n) is 3.82. The Kier molecular flexibility index (Phi) is 6.87. The van der Waals surface area contributed by atoms with Crippen molar-refractivity contribution < 1.29 is 10.0 Å². The summed E-state index contributed by atoms with van der Waals surface area (Å²) in [6, 6.07) is 3.85. The van der Waals surface area contributed by atoms with E-state index in [2.05, 4.69) is 24.5 Å². The van der Waals surface area contributed by atoms with Crippen molar-refractivity contribution in [1.82, 2.24) is 14.9 Å². The first-order valence-electron chi connectivity index (χ1n) is 8.56. The van der Waals surface area contributed by atoms with Crippen LogP contribution < -0.4 is 10.8 Å². The minimum Gasteiger partial charge on any atom is -0.370 e. The van der Waals surface area contributed by atoms with E-state index >= 15 is 0 Å². The van der Waals surface area contributed by atoms with Crippen LogP contribution in [-0.4, -0.2) is 34.9 Å². The van der Waals surface area contributed by atoms with Crippen molar-refractivity contribution in [3.8, 4) is 0 Å². The molecule has 0 atom stereocenters. The van der Waals surface area contributed by atoms with E-state index in [0.717, 1.165) is 48.4 Å². The Bertz CT molecular complexity index is 712. The number of anilines is 1. The van der Waals surface area contributed by atoms with E-state index in [-0.39, 0.29) is 0 Å². The van der Waals surface area contributed by atoms with E-state index in [0.29, 0.717) is 0 Å². The number of imidazole rings is 1. The van der Waals surface area contributed by atoms with Gasteiger partial charge in [-0.2, -0.15) is 0 Å². The van der Waals surface area contributed by atoms with Gasteiger partial charge in [-0.1, -0.05) is 26.1 Å². The van der Waals surface area contributed by atoms with E-state index in [9.17, 15) is 4.79 Å². The van der Waals surface area contributed by atoms with Crippen LogP contribution in [0.1, 0.15) is 37.4 Å². The van der Waals surface area contributed by atoms with Crippen LogP contribution in [0.3, 0.4) is 0 Å². The standard InChI is InChI=1S/C17H25BN4O2/c1-2-3-4-5-14-17(19-10-9-18)22-11-8-13(12-15(22)20-14)6-7-16(23)21-24/h6-8,11-12,19,24H,2-5,9-10,18H2,1H3,(H,21,23)/b7-6+. The number of aryl methyl sites for hydroxylation is 1. The van der Waals surface area contributed by atoms with E-state index in [1.54, 1.807) is 11.6 Å². The van der Waals surface area contributed by atoms with Crippen molar-refractivity contribution in [2.45, 2.75) is 38.9 Å². The molecule has 128 valence electrons. The minimum atomic E-state index is -0.552. The SMILES string of the molecule is BCCNc1c(CCCCC)nc2cc(/C=C/C(=O)NO)ccn12. The highest BCUT2D eigenvalue weighted by Gasteiger charge is 2.11. The summed E-state index contributed by atoms with van der Waals surface area (Å²) in [5.74, 6) is 0.510. The molecule has 0 aliphatic carbocycles. The van der Waals surface area contributed by atoms with E-state index < -0.39 is 5.91 Å². The molecule has 0 aliphatic rings. The molecule has 0 bridgehead atoms. The lowest BCUT2D eigenvalue weighted by Gasteiger charge is -2.07. The van der Waals surface area contributed by atoms with Crippen LogP contribution in [0.15, 0.2) is 24.4 Å². The zero-order valence-electron chi connectivity index (χ0n) is 14.4. The molecule has 24 heavy (non-hydrogen) atoms. The van der Waals surface area contributed by atoms with Gasteiger partial charge in [-0.05, 0) is 36.6 Å². The molecular formula is C17H25BN4O2. The third kappa shape index (κ3) is 4.61. The van der Waals surface area contributed by atoms with Crippen LogP contribution in [0.5, 0.6) is 0 Å². The summed E-state index contributed by atoms with van der Waals surface area (Å²) < 4.78 is 2.06. The second-order valence-corrected chi connectivity index (χ2v) is 5.79. The number of carbonyl (C=O) groups is 1. The molecule has 2 aromatic heterocycles. The number of carbonyl (C=O) groups excluding carboxylic acids is 1. The quantitative estimate of drug-likeness (QED) is 0.216. The first-order valence-corrected chi connectivity index (χ1v) is 8.56. The molecule has 0 aliphatic heterocycles. The highest BCUT2D eigenvalue weighted by molar-refractivity contribution is 6.08. The molecule has 2 heterocycles.